The van der Waals surface area contributed by atoms with Crippen molar-refractivity contribution in [1.29, 1.82) is 0 Å². The van der Waals surface area contributed by atoms with Crippen molar-refractivity contribution in [3.8, 4) is 0 Å². The lowest BCUT2D eigenvalue weighted by molar-refractivity contribution is 0.328. The predicted octanol–water partition coefficient (Wildman–Crippen LogP) is 1.03. The second kappa shape index (κ2) is 5.65. The number of aromatic nitrogens is 2. The summed E-state index contributed by atoms with van der Waals surface area (Å²) in [5, 5.41) is 7.82. The monoisotopic (exact) mass is 236 g/mol. The van der Waals surface area contributed by atoms with Gasteiger partial charge >= 0.3 is 0 Å². The third kappa shape index (κ3) is 3.82. The molecular weight excluding hydrogens is 212 g/mol. The maximum atomic E-state index is 4.20. The summed E-state index contributed by atoms with van der Waals surface area (Å²) >= 11 is 0. The number of aryl methyl sites for hydroxylation is 1. The number of nitrogens with one attached hydrogen (secondary N) is 1. The lowest BCUT2D eigenvalue weighted by atomic mass is 10.2. The van der Waals surface area contributed by atoms with E-state index in [-0.39, 0.29) is 0 Å². The Morgan fingerprint density at radius 1 is 1.53 bits per heavy atom. The van der Waals surface area contributed by atoms with E-state index in [2.05, 4.69) is 35.4 Å². The third-order valence-corrected chi connectivity index (χ3v) is 3.32. The van der Waals surface area contributed by atoms with Crippen LogP contribution in [0.25, 0.3) is 0 Å². The molecule has 2 rings (SSSR count). The van der Waals surface area contributed by atoms with Crippen LogP contribution in [0.5, 0.6) is 0 Å². The van der Waals surface area contributed by atoms with Crippen molar-refractivity contribution in [3.63, 3.8) is 0 Å². The molecule has 17 heavy (non-hydrogen) atoms. The summed E-state index contributed by atoms with van der Waals surface area (Å²) in [6.45, 7) is 8.02. The molecule has 4 heteroatoms. The highest BCUT2D eigenvalue weighted by Crippen LogP contribution is 2.11. The Labute approximate surface area is 104 Å². The molecule has 0 saturated carbocycles. The molecular formula is C13H24N4. The first-order valence-corrected chi connectivity index (χ1v) is 6.59. The predicted molar refractivity (Wildman–Crippen MR) is 70.0 cm³/mol. The van der Waals surface area contributed by atoms with E-state index in [1.165, 1.54) is 25.1 Å². The number of hydrogen-bond donors (Lipinski definition) is 1. The van der Waals surface area contributed by atoms with Gasteiger partial charge in [-0.15, -0.1) is 0 Å². The minimum atomic E-state index is 0.596. The molecule has 1 aromatic heterocycles. The Balaban J connectivity index is 1.71. The van der Waals surface area contributed by atoms with Gasteiger partial charge in [0.2, 0.25) is 0 Å². The first-order chi connectivity index (χ1) is 8.13. The van der Waals surface area contributed by atoms with Crippen LogP contribution in [-0.2, 0) is 13.5 Å². The fraction of sp³-hybridized carbons (Fsp3) is 0.769. The topological polar surface area (TPSA) is 33.1 Å². The van der Waals surface area contributed by atoms with E-state index in [1.807, 2.05) is 17.9 Å². The Hall–Kier alpha value is -0.870. The summed E-state index contributed by atoms with van der Waals surface area (Å²) in [5.74, 6) is 0. The van der Waals surface area contributed by atoms with Gasteiger partial charge in [0, 0.05) is 38.4 Å². The zero-order valence-electron chi connectivity index (χ0n) is 11.2. The smallest absolute Gasteiger partial charge is 0.0522 e. The molecule has 0 spiro atoms. The Morgan fingerprint density at radius 3 is 3.00 bits per heavy atom. The van der Waals surface area contributed by atoms with Crippen LogP contribution in [0.2, 0.25) is 0 Å². The first-order valence-electron chi connectivity index (χ1n) is 6.59. The second-order valence-corrected chi connectivity index (χ2v) is 5.38. The molecule has 2 heterocycles. The Bertz CT molecular complexity index is 345. The second-order valence-electron chi connectivity index (χ2n) is 5.38. The van der Waals surface area contributed by atoms with Crippen LogP contribution in [0.1, 0.15) is 25.8 Å². The van der Waals surface area contributed by atoms with Gasteiger partial charge in [-0.05, 0) is 24.9 Å². The molecule has 96 valence electrons. The molecule has 4 nitrogen and oxygen atoms in total. The average Bonchev–Trinajstić information content (AvgIpc) is 2.84. The molecule has 1 aliphatic rings. The van der Waals surface area contributed by atoms with Crippen molar-refractivity contribution in [3.05, 3.63) is 18.0 Å². The van der Waals surface area contributed by atoms with Gasteiger partial charge in [0.1, 0.15) is 0 Å². The highest BCUT2D eigenvalue weighted by Gasteiger charge is 2.22. The number of nitrogens with zero attached hydrogens (tertiary/aromatic N) is 3. The molecule has 1 aliphatic heterocycles. The lowest BCUT2D eigenvalue weighted by Gasteiger charge is -2.17. The molecule has 0 aromatic carbocycles. The number of rotatable bonds is 5. The summed E-state index contributed by atoms with van der Waals surface area (Å²) in [4.78, 5) is 2.55. The van der Waals surface area contributed by atoms with Gasteiger partial charge in [-0.2, -0.15) is 5.10 Å². The summed E-state index contributed by atoms with van der Waals surface area (Å²) in [6, 6.07) is 1.28. The van der Waals surface area contributed by atoms with Crippen LogP contribution < -0.4 is 5.32 Å². The molecule has 0 amide bonds. The molecule has 1 fully saturated rings. The quantitative estimate of drug-likeness (QED) is 0.829. The molecule has 0 bridgehead atoms. The molecule has 1 unspecified atom stereocenters. The fourth-order valence-electron chi connectivity index (χ4n) is 2.53. The van der Waals surface area contributed by atoms with Crippen LogP contribution in [0.4, 0.5) is 0 Å². The first kappa shape index (κ1) is 12.6. The summed E-state index contributed by atoms with van der Waals surface area (Å²) < 4.78 is 1.88. The van der Waals surface area contributed by atoms with Gasteiger partial charge in [0.15, 0.2) is 0 Å². The maximum Gasteiger partial charge on any atom is 0.0522 e. The van der Waals surface area contributed by atoms with Crippen molar-refractivity contribution in [2.75, 3.05) is 19.6 Å². The van der Waals surface area contributed by atoms with E-state index in [0.717, 1.165) is 13.0 Å². The zero-order valence-corrected chi connectivity index (χ0v) is 11.2. The van der Waals surface area contributed by atoms with Gasteiger partial charge in [0.05, 0.1) is 6.20 Å². The van der Waals surface area contributed by atoms with Gasteiger partial charge in [0.25, 0.3) is 0 Å². The highest BCUT2D eigenvalue weighted by atomic mass is 15.2. The van der Waals surface area contributed by atoms with Crippen LogP contribution >= 0.6 is 0 Å². The Kier molecular flexibility index (Phi) is 4.18. The molecule has 1 aromatic rings. The standard InChI is InChI=1S/C13H24N4/c1-11(2)15-13-5-7-17(10-13)6-4-12-8-14-16(3)9-12/h8-9,11,13,15H,4-7,10H2,1-3H3. The van der Waals surface area contributed by atoms with Crippen molar-refractivity contribution in [1.82, 2.24) is 20.0 Å². The van der Waals surface area contributed by atoms with Crippen LogP contribution in [-0.4, -0.2) is 46.4 Å². The van der Waals surface area contributed by atoms with Gasteiger partial charge in [-0.1, -0.05) is 13.8 Å². The van der Waals surface area contributed by atoms with Crippen molar-refractivity contribution < 1.29 is 0 Å². The van der Waals surface area contributed by atoms with Gasteiger partial charge in [-0.3, -0.25) is 4.68 Å². The summed E-state index contributed by atoms with van der Waals surface area (Å²) in [6.07, 6.45) is 6.48. The van der Waals surface area contributed by atoms with E-state index in [0.29, 0.717) is 12.1 Å². The average molecular weight is 236 g/mol. The summed E-state index contributed by atoms with van der Waals surface area (Å²) in [7, 11) is 1.97. The molecule has 1 atom stereocenters. The summed E-state index contributed by atoms with van der Waals surface area (Å²) in [5.41, 5.74) is 1.34. The number of likely N-dealkylation sites (tertiary alicyclic amines) is 1. The van der Waals surface area contributed by atoms with E-state index in [1.54, 1.807) is 0 Å². The van der Waals surface area contributed by atoms with Crippen LogP contribution in [0.15, 0.2) is 12.4 Å². The van der Waals surface area contributed by atoms with Crippen molar-refractivity contribution in [2.45, 2.75) is 38.8 Å². The van der Waals surface area contributed by atoms with E-state index >= 15 is 0 Å². The van der Waals surface area contributed by atoms with E-state index in [4.69, 9.17) is 0 Å². The van der Waals surface area contributed by atoms with Crippen LogP contribution in [0, 0.1) is 0 Å². The zero-order chi connectivity index (χ0) is 12.3. The molecule has 0 aliphatic carbocycles. The fourth-order valence-corrected chi connectivity index (χ4v) is 2.53. The molecule has 0 radical (unpaired) electrons. The largest absolute Gasteiger partial charge is 0.310 e. The SMILES string of the molecule is CC(C)NC1CCN(CCc2cnn(C)c2)C1. The lowest BCUT2D eigenvalue weighted by Crippen LogP contribution is -2.37. The Morgan fingerprint density at radius 2 is 2.35 bits per heavy atom. The maximum absolute atomic E-state index is 4.20. The highest BCUT2D eigenvalue weighted by molar-refractivity contribution is 5.04. The minimum absolute atomic E-state index is 0.596. The van der Waals surface area contributed by atoms with Gasteiger partial charge in [-0.25, -0.2) is 0 Å². The van der Waals surface area contributed by atoms with E-state index < -0.39 is 0 Å². The molecule has 1 saturated heterocycles. The van der Waals surface area contributed by atoms with Crippen molar-refractivity contribution >= 4 is 0 Å². The minimum Gasteiger partial charge on any atom is -0.310 e. The van der Waals surface area contributed by atoms with Crippen molar-refractivity contribution in [2.24, 2.45) is 7.05 Å². The van der Waals surface area contributed by atoms with Crippen LogP contribution in [0.3, 0.4) is 0 Å². The van der Waals surface area contributed by atoms with Gasteiger partial charge < -0.3 is 10.2 Å². The molecule has 1 N–H and O–H groups in total. The number of hydrogen-bond acceptors (Lipinski definition) is 3. The normalized spacial score (nSPS) is 21.5. The van der Waals surface area contributed by atoms with E-state index in [9.17, 15) is 0 Å². The third-order valence-electron chi connectivity index (χ3n) is 3.32.